The molecule has 144 valence electrons. The molecule has 2 aromatic carbocycles. The van der Waals surface area contributed by atoms with Gasteiger partial charge in [0, 0.05) is 12.6 Å². The van der Waals surface area contributed by atoms with Crippen LogP contribution in [-0.4, -0.2) is 25.5 Å². The van der Waals surface area contributed by atoms with Crippen molar-refractivity contribution in [3.63, 3.8) is 0 Å². The summed E-state index contributed by atoms with van der Waals surface area (Å²) in [5, 5.41) is 4.43. The Morgan fingerprint density at radius 2 is 1.70 bits per heavy atom. The molecule has 0 heterocycles. The third kappa shape index (κ3) is 5.63. The van der Waals surface area contributed by atoms with Crippen LogP contribution in [0.1, 0.15) is 12.5 Å². The van der Waals surface area contributed by atoms with Crippen molar-refractivity contribution in [2.45, 2.75) is 13.1 Å². The summed E-state index contributed by atoms with van der Waals surface area (Å²) in [7, 11) is 1.43. The largest absolute Gasteiger partial charge is 0.493 e. The molecule has 0 spiro atoms. The minimum Gasteiger partial charge on any atom is -0.493 e. The number of rotatable bonds is 6. The molecule has 0 aromatic heterocycles. The molecule has 0 aliphatic carbocycles. The number of halogens is 3. The second-order valence-electron chi connectivity index (χ2n) is 5.43. The van der Waals surface area contributed by atoms with E-state index in [-0.39, 0.29) is 11.4 Å². The number of hydrogen-bond donors (Lipinski definition) is 2. The zero-order valence-electron chi connectivity index (χ0n) is 14.5. The number of carbonyl (C=O) groups excluding carboxylic acids is 2. The molecule has 2 aromatic rings. The molecule has 27 heavy (non-hydrogen) atoms. The summed E-state index contributed by atoms with van der Waals surface area (Å²) in [6, 6.07) is 9.63. The van der Waals surface area contributed by atoms with Gasteiger partial charge in [-0.1, -0.05) is 12.1 Å². The first-order chi connectivity index (χ1) is 12.7. The van der Waals surface area contributed by atoms with Crippen molar-refractivity contribution >= 4 is 23.2 Å². The standard InChI is InChI=1S/C18H17F3N2O4/c1-11(24)22-12-7-8-14(13(9-12)18(19,20)21)23-17(25)10-27-16-6-4-3-5-15(16)26-2/h3-9H,10H2,1-2H3,(H,22,24)(H,23,25). The van der Waals surface area contributed by atoms with Gasteiger partial charge in [0.2, 0.25) is 5.91 Å². The van der Waals surface area contributed by atoms with Gasteiger partial charge in [-0.25, -0.2) is 0 Å². The first-order valence-electron chi connectivity index (χ1n) is 7.75. The summed E-state index contributed by atoms with van der Waals surface area (Å²) < 4.78 is 50.1. The molecule has 0 aliphatic heterocycles. The average Bonchev–Trinajstić information content (AvgIpc) is 2.60. The van der Waals surface area contributed by atoms with Crippen molar-refractivity contribution < 1.29 is 32.2 Å². The lowest BCUT2D eigenvalue weighted by Gasteiger charge is -2.16. The van der Waals surface area contributed by atoms with Crippen LogP contribution in [0, 0.1) is 0 Å². The summed E-state index contributed by atoms with van der Waals surface area (Å²) in [5.74, 6) is -0.614. The fraction of sp³-hybridized carbons (Fsp3) is 0.222. The SMILES string of the molecule is COc1ccccc1OCC(=O)Nc1ccc(NC(C)=O)cc1C(F)(F)F. The summed E-state index contributed by atoms with van der Waals surface area (Å²) in [4.78, 5) is 23.0. The van der Waals surface area contributed by atoms with Crippen LogP contribution in [-0.2, 0) is 15.8 Å². The summed E-state index contributed by atoms with van der Waals surface area (Å²) in [6.45, 7) is 0.670. The molecular formula is C18H17F3N2O4. The second kappa shape index (κ2) is 8.43. The van der Waals surface area contributed by atoms with Crippen molar-refractivity contribution in [3.8, 4) is 11.5 Å². The van der Waals surface area contributed by atoms with Crippen LogP contribution in [0.25, 0.3) is 0 Å². The number of methoxy groups -OCH3 is 1. The highest BCUT2D eigenvalue weighted by Crippen LogP contribution is 2.36. The van der Waals surface area contributed by atoms with E-state index in [1.807, 2.05) is 0 Å². The third-order valence-corrected chi connectivity index (χ3v) is 3.35. The van der Waals surface area contributed by atoms with Crippen LogP contribution in [0.3, 0.4) is 0 Å². The van der Waals surface area contributed by atoms with E-state index in [1.54, 1.807) is 24.3 Å². The maximum atomic E-state index is 13.3. The predicted octanol–water partition coefficient (Wildman–Crippen LogP) is 3.69. The first-order valence-corrected chi connectivity index (χ1v) is 7.75. The van der Waals surface area contributed by atoms with Crippen LogP contribution >= 0.6 is 0 Å². The Balaban J connectivity index is 2.13. The van der Waals surface area contributed by atoms with Gasteiger partial charge in [-0.2, -0.15) is 13.2 Å². The van der Waals surface area contributed by atoms with E-state index in [9.17, 15) is 22.8 Å². The van der Waals surface area contributed by atoms with E-state index in [0.717, 1.165) is 12.1 Å². The predicted molar refractivity (Wildman–Crippen MR) is 92.9 cm³/mol. The van der Waals surface area contributed by atoms with Crippen molar-refractivity contribution in [1.29, 1.82) is 0 Å². The number of para-hydroxylation sites is 2. The summed E-state index contributed by atoms with van der Waals surface area (Å²) >= 11 is 0. The molecule has 0 saturated heterocycles. The van der Waals surface area contributed by atoms with Crippen molar-refractivity contribution in [1.82, 2.24) is 0 Å². The molecule has 2 N–H and O–H groups in total. The molecule has 0 radical (unpaired) electrons. The Morgan fingerprint density at radius 3 is 2.30 bits per heavy atom. The number of amides is 2. The normalized spacial score (nSPS) is 10.9. The van der Waals surface area contributed by atoms with Crippen LogP contribution in [0.5, 0.6) is 11.5 Å². The lowest BCUT2D eigenvalue weighted by molar-refractivity contribution is -0.137. The van der Waals surface area contributed by atoms with Crippen LogP contribution in [0.2, 0.25) is 0 Å². The van der Waals surface area contributed by atoms with Crippen molar-refractivity contribution in [3.05, 3.63) is 48.0 Å². The molecule has 0 fully saturated rings. The number of nitrogens with one attached hydrogen (secondary N) is 2. The highest BCUT2D eigenvalue weighted by Gasteiger charge is 2.34. The van der Waals surface area contributed by atoms with Gasteiger partial charge in [-0.15, -0.1) is 0 Å². The Kier molecular flexibility index (Phi) is 6.27. The minimum absolute atomic E-state index is 0.0295. The Labute approximate surface area is 153 Å². The highest BCUT2D eigenvalue weighted by atomic mass is 19.4. The average molecular weight is 382 g/mol. The number of carbonyl (C=O) groups is 2. The van der Waals surface area contributed by atoms with E-state index >= 15 is 0 Å². The van der Waals surface area contributed by atoms with Crippen molar-refractivity contribution in [2.75, 3.05) is 24.4 Å². The molecular weight excluding hydrogens is 365 g/mol. The van der Waals surface area contributed by atoms with Gasteiger partial charge in [0.15, 0.2) is 18.1 Å². The van der Waals surface area contributed by atoms with Crippen LogP contribution < -0.4 is 20.1 Å². The highest BCUT2D eigenvalue weighted by molar-refractivity contribution is 5.94. The number of benzene rings is 2. The monoisotopic (exact) mass is 382 g/mol. The molecule has 0 bridgehead atoms. The van der Waals surface area contributed by atoms with Gasteiger partial charge < -0.3 is 20.1 Å². The topological polar surface area (TPSA) is 76.7 Å². The maximum Gasteiger partial charge on any atom is 0.418 e. The number of ether oxygens (including phenoxy) is 2. The van der Waals surface area contributed by atoms with Crippen LogP contribution in [0.4, 0.5) is 24.5 Å². The first kappa shape index (κ1) is 20.1. The van der Waals surface area contributed by atoms with Gasteiger partial charge >= 0.3 is 6.18 Å². The van der Waals surface area contributed by atoms with Gasteiger partial charge in [0.1, 0.15) is 0 Å². The summed E-state index contributed by atoms with van der Waals surface area (Å²) in [6.07, 6.45) is -4.72. The Morgan fingerprint density at radius 1 is 1.04 bits per heavy atom. The second-order valence-corrected chi connectivity index (χ2v) is 5.43. The number of hydrogen-bond acceptors (Lipinski definition) is 4. The van der Waals surface area contributed by atoms with E-state index in [4.69, 9.17) is 9.47 Å². The molecule has 0 atom stereocenters. The van der Waals surface area contributed by atoms with E-state index in [1.165, 1.54) is 20.1 Å². The Hall–Kier alpha value is -3.23. The van der Waals surface area contributed by atoms with E-state index in [0.29, 0.717) is 5.75 Å². The molecule has 0 unspecified atom stereocenters. The van der Waals surface area contributed by atoms with Gasteiger partial charge in [0.25, 0.3) is 5.91 Å². The zero-order valence-corrected chi connectivity index (χ0v) is 14.5. The lowest BCUT2D eigenvalue weighted by atomic mass is 10.1. The fourth-order valence-corrected chi connectivity index (χ4v) is 2.24. The Bertz CT molecular complexity index is 838. The van der Waals surface area contributed by atoms with E-state index < -0.39 is 35.8 Å². The molecule has 2 rings (SSSR count). The van der Waals surface area contributed by atoms with E-state index in [2.05, 4.69) is 10.6 Å². The molecule has 0 aliphatic rings. The maximum absolute atomic E-state index is 13.3. The molecule has 9 heteroatoms. The molecule has 6 nitrogen and oxygen atoms in total. The quantitative estimate of drug-likeness (QED) is 0.799. The number of anilines is 2. The lowest BCUT2D eigenvalue weighted by Crippen LogP contribution is -2.22. The fourth-order valence-electron chi connectivity index (χ4n) is 2.24. The summed E-state index contributed by atoms with van der Waals surface area (Å²) in [5.41, 5.74) is -1.55. The smallest absolute Gasteiger partial charge is 0.418 e. The minimum atomic E-state index is -4.72. The molecule has 2 amide bonds. The zero-order chi connectivity index (χ0) is 20.0. The van der Waals surface area contributed by atoms with Gasteiger partial charge in [-0.3, -0.25) is 9.59 Å². The van der Waals surface area contributed by atoms with Crippen molar-refractivity contribution in [2.24, 2.45) is 0 Å². The number of alkyl halides is 3. The molecule has 0 saturated carbocycles. The third-order valence-electron chi connectivity index (χ3n) is 3.35. The van der Waals surface area contributed by atoms with Gasteiger partial charge in [-0.05, 0) is 30.3 Å². The van der Waals surface area contributed by atoms with Crippen LogP contribution in [0.15, 0.2) is 42.5 Å². The van der Waals surface area contributed by atoms with Gasteiger partial charge in [0.05, 0.1) is 18.4 Å².